The van der Waals surface area contributed by atoms with Gasteiger partial charge in [-0.25, -0.2) is 0 Å². The average Bonchev–Trinajstić information content (AvgIpc) is 1.79. The molecule has 0 spiro atoms. The van der Waals surface area contributed by atoms with E-state index in [9.17, 15) is 0 Å². The van der Waals surface area contributed by atoms with E-state index in [0.717, 1.165) is 11.8 Å². The van der Waals surface area contributed by atoms with Crippen molar-refractivity contribution in [2.75, 3.05) is 0 Å². The molecule has 0 amide bonds. The number of rotatable bonds is 3. The molecule has 0 atom stereocenters. The molecule has 0 aromatic rings. The lowest BCUT2D eigenvalue weighted by molar-refractivity contribution is 0.143. The molecule has 1 aliphatic rings. The first-order chi connectivity index (χ1) is 5.02. The summed E-state index contributed by atoms with van der Waals surface area (Å²) >= 11 is 0. The minimum absolute atomic E-state index is 0.574. The average molecular weight is 154 g/mol. The van der Waals surface area contributed by atoms with E-state index in [1.165, 1.54) is 25.7 Å². The van der Waals surface area contributed by atoms with Crippen LogP contribution in [0.3, 0.4) is 0 Å². The summed E-state index contributed by atoms with van der Waals surface area (Å²) in [4.78, 5) is 0. The highest BCUT2D eigenvalue weighted by molar-refractivity contribution is 4.80. The summed E-state index contributed by atoms with van der Waals surface area (Å²) in [5.41, 5.74) is 0.574. The second-order valence-electron chi connectivity index (χ2n) is 5.14. The lowest BCUT2D eigenvalue weighted by atomic mass is 9.69. The first-order valence-electron chi connectivity index (χ1n) is 5.02. The summed E-state index contributed by atoms with van der Waals surface area (Å²) in [5.74, 6) is 1.90. The molecule has 66 valence electrons. The smallest absolute Gasteiger partial charge is 0.0329 e. The van der Waals surface area contributed by atoms with Crippen molar-refractivity contribution >= 4 is 0 Å². The van der Waals surface area contributed by atoms with Crippen LogP contribution in [0.4, 0.5) is 0 Å². The molecule has 11 heavy (non-hydrogen) atoms. The van der Waals surface area contributed by atoms with Gasteiger partial charge < -0.3 is 0 Å². The van der Waals surface area contributed by atoms with Crippen LogP contribution < -0.4 is 0 Å². The molecule has 0 nitrogen and oxygen atoms in total. The lowest BCUT2D eigenvalue weighted by Gasteiger charge is -2.37. The predicted octanol–water partition coefficient (Wildman–Crippen LogP) is 3.86. The Bertz CT molecular complexity index is 118. The second-order valence-corrected chi connectivity index (χ2v) is 5.14. The highest BCUT2D eigenvalue weighted by Gasteiger charge is 2.29. The van der Waals surface area contributed by atoms with E-state index < -0.39 is 0 Å². The maximum absolute atomic E-state index is 2.41. The molecular formula is C11H22. The van der Waals surface area contributed by atoms with Gasteiger partial charge in [0.2, 0.25) is 0 Å². The lowest BCUT2D eigenvalue weighted by Crippen LogP contribution is -2.26. The molecule has 0 saturated heterocycles. The Balaban J connectivity index is 2.32. The first-order valence-corrected chi connectivity index (χ1v) is 5.02. The zero-order chi connectivity index (χ0) is 8.48. The van der Waals surface area contributed by atoms with Crippen molar-refractivity contribution < 1.29 is 0 Å². The molecule has 0 aromatic heterocycles. The fourth-order valence-electron chi connectivity index (χ4n) is 1.68. The summed E-state index contributed by atoms with van der Waals surface area (Å²) < 4.78 is 0. The minimum atomic E-state index is 0.574. The second kappa shape index (κ2) is 3.16. The molecule has 0 aromatic carbocycles. The zero-order valence-corrected chi connectivity index (χ0v) is 8.48. The van der Waals surface area contributed by atoms with Crippen LogP contribution in [-0.4, -0.2) is 0 Å². The molecule has 0 unspecified atom stereocenters. The number of hydrogen-bond donors (Lipinski definition) is 0. The van der Waals surface area contributed by atoms with Gasteiger partial charge in [-0.3, -0.25) is 0 Å². The van der Waals surface area contributed by atoms with E-state index in [2.05, 4.69) is 27.7 Å². The van der Waals surface area contributed by atoms with E-state index in [4.69, 9.17) is 0 Å². The van der Waals surface area contributed by atoms with E-state index in [0.29, 0.717) is 5.41 Å². The predicted molar refractivity (Wildman–Crippen MR) is 50.6 cm³/mol. The molecule has 1 fully saturated rings. The highest BCUT2D eigenvalue weighted by Crippen LogP contribution is 2.40. The van der Waals surface area contributed by atoms with Crippen LogP contribution in [0, 0.1) is 17.3 Å². The topological polar surface area (TPSA) is 0 Å². The third-order valence-corrected chi connectivity index (χ3v) is 3.60. The molecule has 0 aliphatic heterocycles. The quantitative estimate of drug-likeness (QED) is 0.579. The Morgan fingerprint density at radius 1 is 1.27 bits per heavy atom. The van der Waals surface area contributed by atoms with Crippen LogP contribution in [0.1, 0.15) is 53.4 Å². The van der Waals surface area contributed by atoms with Crippen LogP contribution in [0.25, 0.3) is 0 Å². The van der Waals surface area contributed by atoms with Crippen LogP contribution in [0.15, 0.2) is 0 Å². The van der Waals surface area contributed by atoms with Crippen LogP contribution in [0.2, 0.25) is 0 Å². The first kappa shape index (κ1) is 9.09. The van der Waals surface area contributed by atoms with Crippen molar-refractivity contribution in [1.82, 2.24) is 0 Å². The summed E-state index contributed by atoms with van der Waals surface area (Å²) in [7, 11) is 0. The van der Waals surface area contributed by atoms with Crippen molar-refractivity contribution in [2.24, 2.45) is 17.3 Å². The van der Waals surface area contributed by atoms with Crippen molar-refractivity contribution in [3.63, 3.8) is 0 Å². The van der Waals surface area contributed by atoms with Gasteiger partial charge in [0.15, 0.2) is 0 Å². The SMILES string of the molecule is CC(C)C(C)(C)CC1CCC1. The molecule has 0 N–H and O–H groups in total. The highest BCUT2D eigenvalue weighted by atomic mass is 14.3. The molecule has 1 saturated carbocycles. The zero-order valence-electron chi connectivity index (χ0n) is 8.48. The van der Waals surface area contributed by atoms with Crippen LogP contribution in [0.5, 0.6) is 0 Å². The normalized spacial score (nSPS) is 20.5. The Kier molecular flexibility index (Phi) is 2.61. The molecule has 0 bridgehead atoms. The van der Waals surface area contributed by atoms with Crippen molar-refractivity contribution in [3.8, 4) is 0 Å². The molecular weight excluding hydrogens is 132 g/mol. The van der Waals surface area contributed by atoms with Crippen molar-refractivity contribution in [2.45, 2.75) is 53.4 Å². The molecule has 0 heterocycles. The summed E-state index contributed by atoms with van der Waals surface area (Å²) in [6.07, 6.45) is 5.93. The van der Waals surface area contributed by atoms with E-state index in [1.807, 2.05) is 0 Å². The maximum Gasteiger partial charge on any atom is -0.0329 e. The Morgan fingerprint density at radius 2 is 1.82 bits per heavy atom. The minimum Gasteiger partial charge on any atom is -0.0623 e. The Labute approximate surface area is 71.4 Å². The molecule has 0 radical (unpaired) electrons. The van der Waals surface area contributed by atoms with Gasteiger partial charge in [-0.15, -0.1) is 0 Å². The van der Waals surface area contributed by atoms with Gasteiger partial charge in [-0.1, -0.05) is 47.0 Å². The third-order valence-electron chi connectivity index (χ3n) is 3.60. The Morgan fingerprint density at radius 3 is 2.09 bits per heavy atom. The van der Waals surface area contributed by atoms with Gasteiger partial charge in [-0.2, -0.15) is 0 Å². The van der Waals surface area contributed by atoms with Gasteiger partial charge in [0.25, 0.3) is 0 Å². The maximum atomic E-state index is 2.41. The van der Waals surface area contributed by atoms with E-state index in [1.54, 1.807) is 0 Å². The van der Waals surface area contributed by atoms with Crippen LogP contribution >= 0.6 is 0 Å². The van der Waals surface area contributed by atoms with Crippen LogP contribution in [-0.2, 0) is 0 Å². The Hall–Kier alpha value is 0. The van der Waals surface area contributed by atoms with Gasteiger partial charge in [0.1, 0.15) is 0 Å². The van der Waals surface area contributed by atoms with Gasteiger partial charge in [0.05, 0.1) is 0 Å². The largest absolute Gasteiger partial charge is 0.0623 e. The molecule has 1 rings (SSSR count). The fourth-order valence-corrected chi connectivity index (χ4v) is 1.68. The van der Waals surface area contributed by atoms with E-state index >= 15 is 0 Å². The molecule has 0 heteroatoms. The van der Waals surface area contributed by atoms with Gasteiger partial charge in [-0.05, 0) is 23.7 Å². The monoisotopic (exact) mass is 154 g/mol. The fraction of sp³-hybridized carbons (Fsp3) is 1.00. The van der Waals surface area contributed by atoms with Crippen molar-refractivity contribution in [1.29, 1.82) is 0 Å². The van der Waals surface area contributed by atoms with Crippen molar-refractivity contribution in [3.05, 3.63) is 0 Å². The third kappa shape index (κ3) is 2.21. The number of hydrogen-bond acceptors (Lipinski definition) is 0. The molecule has 1 aliphatic carbocycles. The van der Waals surface area contributed by atoms with Gasteiger partial charge in [0, 0.05) is 0 Å². The standard InChI is InChI=1S/C11H22/c1-9(2)11(3,4)8-10-6-5-7-10/h9-10H,5-8H2,1-4H3. The van der Waals surface area contributed by atoms with Gasteiger partial charge >= 0.3 is 0 Å². The van der Waals surface area contributed by atoms with E-state index in [-0.39, 0.29) is 0 Å². The summed E-state index contributed by atoms with van der Waals surface area (Å²) in [6, 6.07) is 0. The summed E-state index contributed by atoms with van der Waals surface area (Å²) in [5, 5.41) is 0. The summed E-state index contributed by atoms with van der Waals surface area (Å²) in [6.45, 7) is 9.52.